The van der Waals surface area contributed by atoms with Crippen molar-refractivity contribution in [3.63, 3.8) is 0 Å². The van der Waals surface area contributed by atoms with Crippen LogP contribution in [0.15, 0.2) is 29.2 Å². The van der Waals surface area contributed by atoms with E-state index >= 15 is 0 Å². The minimum atomic E-state index is -4.50. The Morgan fingerprint density at radius 2 is 1.77 bits per heavy atom. The summed E-state index contributed by atoms with van der Waals surface area (Å²) in [5.41, 5.74) is -0.892. The first kappa shape index (κ1) is 15.3. The van der Waals surface area contributed by atoms with Gasteiger partial charge in [-0.3, -0.25) is 4.79 Å². The van der Waals surface area contributed by atoms with Crippen LogP contribution in [-0.2, 0) is 21.0 Å². The number of amides is 1. The van der Waals surface area contributed by atoms with Crippen LogP contribution in [0.5, 0.6) is 0 Å². The number of carbonyl (C=O) groups excluding carboxylic acids is 1. The predicted octanol–water partition coefficient (Wildman–Crippen LogP) is 1.21. The maximum absolute atomic E-state index is 12.5. The predicted molar refractivity (Wildman–Crippen MR) is 70.2 cm³/mol. The largest absolute Gasteiger partial charge is 0.416 e. The molecule has 2 atom stereocenters. The van der Waals surface area contributed by atoms with Crippen molar-refractivity contribution in [2.45, 2.75) is 23.5 Å². The first-order valence-electron chi connectivity index (χ1n) is 6.65. The highest BCUT2D eigenvalue weighted by Crippen LogP contribution is 2.32. The van der Waals surface area contributed by atoms with Crippen LogP contribution in [0.4, 0.5) is 13.2 Å². The Morgan fingerprint density at radius 3 is 2.32 bits per heavy atom. The zero-order chi connectivity index (χ0) is 16.1. The molecular formula is C13H13F3N2O3S. The number of hydrogen-bond acceptors (Lipinski definition) is 3. The van der Waals surface area contributed by atoms with Crippen molar-refractivity contribution in [1.82, 2.24) is 9.62 Å². The number of rotatable bonds is 2. The summed E-state index contributed by atoms with van der Waals surface area (Å²) in [6.45, 7) is 0.354. The minimum Gasteiger partial charge on any atom is -0.352 e. The van der Waals surface area contributed by atoms with Gasteiger partial charge in [0.05, 0.1) is 10.5 Å². The molecule has 0 radical (unpaired) electrons. The molecule has 2 aliphatic rings. The first-order valence-corrected chi connectivity index (χ1v) is 8.09. The molecule has 0 aromatic heterocycles. The zero-order valence-corrected chi connectivity index (χ0v) is 12.1. The van der Waals surface area contributed by atoms with Crippen LogP contribution in [-0.4, -0.2) is 37.8 Å². The van der Waals surface area contributed by atoms with E-state index in [4.69, 9.17) is 0 Å². The lowest BCUT2D eigenvalue weighted by Gasteiger charge is -2.17. The number of carbonyl (C=O) groups is 1. The van der Waals surface area contributed by atoms with Gasteiger partial charge in [-0.05, 0) is 24.3 Å². The van der Waals surface area contributed by atoms with E-state index in [2.05, 4.69) is 5.32 Å². The Kier molecular flexibility index (Phi) is 3.44. The molecule has 2 heterocycles. The molecule has 0 unspecified atom stereocenters. The van der Waals surface area contributed by atoms with E-state index in [9.17, 15) is 26.4 Å². The Labute approximate surface area is 125 Å². The van der Waals surface area contributed by atoms with Gasteiger partial charge < -0.3 is 5.32 Å². The monoisotopic (exact) mass is 334 g/mol. The third kappa shape index (κ3) is 2.58. The van der Waals surface area contributed by atoms with Crippen LogP contribution in [0, 0.1) is 5.92 Å². The third-order valence-electron chi connectivity index (χ3n) is 4.02. The van der Waals surface area contributed by atoms with Crippen LogP contribution in [0.1, 0.15) is 12.0 Å². The van der Waals surface area contributed by atoms with Crippen molar-refractivity contribution in [1.29, 1.82) is 0 Å². The molecule has 0 aliphatic carbocycles. The van der Waals surface area contributed by atoms with Crippen molar-refractivity contribution >= 4 is 15.9 Å². The average Bonchev–Trinajstić information content (AvgIpc) is 2.95. The summed E-state index contributed by atoms with van der Waals surface area (Å²) in [4.78, 5) is 11.1. The third-order valence-corrected chi connectivity index (χ3v) is 5.87. The number of fused-ring (bicyclic) bond motifs is 1. The Morgan fingerprint density at radius 1 is 1.14 bits per heavy atom. The summed E-state index contributed by atoms with van der Waals surface area (Å²) < 4.78 is 63.6. The number of sulfonamides is 1. The van der Waals surface area contributed by atoms with Crippen molar-refractivity contribution < 1.29 is 26.4 Å². The number of nitrogens with one attached hydrogen (secondary N) is 1. The number of hydrogen-bond donors (Lipinski definition) is 1. The smallest absolute Gasteiger partial charge is 0.352 e. The second-order valence-electron chi connectivity index (χ2n) is 5.48. The molecule has 0 bridgehead atoms. The van der Waals surface area contributed by atoms with Gasteiger partial charge in [0.1, 0.15) is 0 Å². The van der Waals surface area contributed by atoms with Gasteiger partial charge in [-0.25, -0.2) is 8.42 Å². The van der Waals surface area contributed by atoms with Gasteiger partial charge in [-0.1, -0.05) is 0 Å². The van der Waals surface area contributed by atoms with Gasteiger partial charge in [0.2, 0.25) is 15.9 Å². The molecular weight excluding hydrogens is 321 g/mol. The molecule has 3 rings (SSSR count). The van der Waals surface area contributed by atoms with E-state index in [-0.39, 0.29) is 42.3 Å². The molecule has 0 saturated carbocycles. The Bertz CT molecular complexity index is 684. The number of halogens is 3. The summed E-state index contributed by atoms with van der Waals surface area (Å²) in [7, 11) is -3.85. The molecule has 1 amide bonds. The van der Waals surface area contributed by atoms with Crippen molar-refractivity contribution in [2.24, 2.45) is 5.92 Å². The lowest BCUT2D eigenvalue weighted by molar-refractivity contribution is -0.137. The maximum atomic E-state index is 12.5. The number of benzene rings is 1. The fourth-order valence-corrected chi connectivity index (χ4v) is 4.39. The van der Waals surface area contributed by atoms with Gasteiger partial charge in [-0.15, -0.1) is 0 Å². The van der Waals surface area contributed by atoms with Gasteiger partial charge >= 0.3 is 6.18 Å². The average molecular weight is 334 g/mol. The highest BCUT2D eigenvalue weighted by molar-refractivity contribution is 7.89. The van der Waals surface area contributed by atoms with Gasteiger partial charge in [0, 0.05) is 31.5 Å². The summed E-state index contributed by atoms with van der Waals surface area (Å²) in [6.07, 6.45) is -4.22. The van der Waals surface area contributed by atoms with E-state index in [1.165, 1.54) is 4.31 Å². The van der Waals surface area contributed by atoms with Crippen molar-refractivity contribution in [3.8, 4) is 0 Å². The van der Waals surface area contributed by atoms with Crippen LogP contribution >= 0.6 is 0 Å². The summed E-state index contributed by atoms with van der Waals surface area (Å²) >= 11 is 0. The molecule has 1 aromatic carbocycles. The minimum absolute atomic E-state index is 0.0725. The molecule has 5 nitrogen and oxygen atoms in total. The second kappa shape index (κ2) is 4.95. The molecule has 9 heteroatoms. The van der Waals surface area contributed by atoms with E-state index in [0.717, 1.165) is 24.3 Å². The summed E-state index contributed by atoms with van der Waals surface area (Å²) in [5, 5.41) is 2.70. The van der Waals surface area contributed by atoms with E-state index in [1.807, 2.05) is 0 Å². The normalized spacial score (nSPS) is 26.0. The molecule has 2 fully saturated rings. The molecule has 1 aromatic rings. The summed E-state index contributed by atoms with van der Waals surface area (Å²) in [6, 6.07) is 3.23. The molecule has 2 saturated heterocycles. The highest BCUT2D eigenvalue weighted by Gasteiger charge is 2.44. The topological polar surface area (TPSA) is 66.5 Å². The fraction of sp³-hybridized carbons (Fsp3) is 0.462. The fourth-order valence-electron chi connectivity index (χ4n) is 2.87. The lowest BCUT2D eigenvalue weighted by atomic mass is 10.1. The molecule has 2 aliphatic heterocycles. The van der Waals surface area contributed by atoms with E-state index in [0.29, 0.717) is 0 Å². The first-order chi connectivity index (χ1) is 10.2. The van der Waals surface area contributed by atoms with Gasteiger partial charge in [0.15, 0.2) is 0 Å². The van der Waals surface area contributed by atoms with Gasteiger partial charge in [-0.2, -0.15) is 17.5 Å². The van der Waals surface area contributed by atoms with Crippen LogP contribution in [0.2, 0.25) is 0 Å². The molecule has 22 heavy (non-hydrogen) atoms. The van der Waals surface area contributed by atoms with E-state index in [1.54, 1.807) is 0 Å². The quantitative estimate of drug-likeness (QED) is 0.884. The SMILES string of the molecule is O=C1C[C@H]2CN(S(=O)(=O)c3ccc(C(F)(F)F)cc3)C[C@H]2N1. The van der Waals surface area contributed by atoms with Crippen molar-refractivity contribution in [3.05, 3.63) is 29.8 Å². The highest BCUT2D eigenvalue weighted by atomic mass is 32.2. The van der Waals surface area contributed by atoms with Crippen LogP contribution in [0.3, 0.4) is 0 Å². The van der Waals surface area contributed by atoms with Gasteiger partial charge in [0.25, 0.3) is 0 Å². The van der Waals surface area contributed by atoms with Crippen molar-refractivity contribution in [2.75, 3.05) is 13.1 Å². The number of nitrogens with zero attached hydrogens (tertiary/aromatic N) is 1. The molecule has 1 N–H and O–H groups in total. The second-order valence-corrected chi connectivity index (χ2v) is 7.42. The Balaban J connectivity index is 1.81. The standard InChI is InChI=1S/C13H13F3N2O3S/c14-13(15,16)9-1-3-10(4-2-9)22(20,21)18-6-8-5-12(19)17-11(8)7-18/h1-4,8,11H,5-7H2,(H,17,19)/t8-,11+/m0/s1. The maximum Gasteiger partial charge on any atom is 0.416 e. The Hall–Kier alpha value is -1.61. The van der Waals surface area contributed by atoms with E-state index < -0.39 is 21.8 Å². The lowest BCUT2D eigenvalue weighted by Crippen LogP contribution is -2.35. The molecule has 120 valence electrons. The summed E-state index contributed by atoms with van der Waals surface area (Å²) in [5.74, 6) is -0.168. The number of alkyl halides is 3. The van der Waals surface area contributed by atoms with Crippen LogP contribution in [0.25, 0.3) is 0 Å². The zero-order valence-electron chi connectivity index (χ0n) is 11.3. The molecule has 0 spiro atoms. The van der Waals surface area contributed by atoms with Crippen LogP contribution < -0.4 is 5.32 Å².